The number of fused-ring (bicyclic) bond motifs is 5. The molecule has 3 aliphatic rings. The number of rotatable bonds is 2. The van der Waals surface area contributed by atoms with Crippen LogP contribution in [0.15, 0.2) is 12.4 Å². The number of halogens is 2. The molecule has 8 nitrogen and oxygen atoms in total. The van der Waals surface area contributed by atoms with Crippen LogP contribution in [0, 0.1) is 34.8 Å². The lowest BCUT2D eigenvalue weighted by molar-refractivity contribution is 0.135. The first-order valence-electron chi connectivity index (χ1n) is 13.0. The Balaban J connectivity index is 0.000000474. The summed E-state index contributed by atoms with van der Waals surface area (Å²) in [4.78, 5) is 17.5. The number of nitrogens with zero attached hydrogens (tertiary/aromatic N) is 6. The number of nitrogen functional groups attached to an aromatic ring is 1. The molecule has 7 rings (SSSR count). The van der Waals surface area contributed by atoms with Gasteiger partial charge in [0, 0.05) is 35.6 Å². The number of nitrogens with two attached hydrogens (primary N) is 1. The van der Waals surface area contributed by atoms with Crippen molar-refractivity contribution in [3.63, 3.8) is 0 Å². The Bertz CT molecular complexity index is 1600. The van der Waals surface area contributed by atoms with Crippen molar-refractivity contribution in [1.29, 1.82) is 5.26 Å². The summed E-state index contributed by atoms with van der Waals surface area (Å²) >= 11 is 0.959. The fourth-order valence-corrected chi connectivity index (χ4v) is 6.17. The van der Waals surface area contributed by atoms with Gasteiger partial charge in [0.2, 0.25) is 5.95 Å². The molecule has 3 aromatic heterocycles. The van der Waals surface area contributed by atoms with Crippen LogP contribution >= 0.6 is 11.3 Å². The summed E-state index contributed by atoms with van der Waals surface area (Å²) in [5.74, 6) is 0.703. The smallest absolute Gasteiger partial charge is 0.225 e. The lowest BCUT2D eigenvalue weighted by Gasteiger charge is -2.19. The molecule has 0 bridgehead atoms. The zero-order chi connectivity index (χ0) is 28.0. The third-order valence-electron chi connectivity index (χ3n) is 6.99. The largest absolute Gasteiger partial charge is 0.389 e. The Morgan fingerprint density at radius 1 is 1.10 bits per heavy atom. The van der Waals surface area contributed by atoms with Crippen molar-refractivity contribution in [3.05, 3.63) is 40.7 Å². The summed E-state index contributed by atoms with van der Waals surface area (Å²) in [6.45, 7) is 6.24. The molecule has 11 heteroatoms. The predicted molar refractivity (Wildman–Crippen MR) is 150 cm³/mol. The molecular formula is C28H31F2N7OS. The second-order valence-electron chi connectivity index (χ2n) is 10.2. The maximum Gasteiger partial charge on any atom is 0.225 e. The van der Waals surface area contributed by atoms with Crippen molar-refractivity contribution in [1.82, 2.24) is 19.9 Å². The number of benzene rings is 1. The minimum Gasteiger partial charge on any atom is -0.389 e. The lowest BCUT2D eigenvalue weighted by atomic mass is 9.94. The third kappa shape index (κ3) is 4.67. The molecule has 4 aromatic rings. The van der Waals surface area contributed by atoms with Crippen molar-refractivity contribution in [2.75, 3.05) is 44.9 Å². The zero-order valence-electron chi connectivity index (χ0n) is 22.7. The maximum absolute atomic E-state index is 16.2. The minimum absolute atomic E-state index is 0.101. The van der Waals surface area contributed by atoms with Crippen LogP contribution < -0.4 is 10.6 Å². The number of anilines is 2. The van der Waals surface area contributed by atoms with Gasteiger partial charge >= 0.3 is 0 Å². The molecule has 1 aromatic carbocycles. The average molecular weight is 552 g/mol. The van der Waals surface area contributed by atoms with Crippen LogP contribution in [0.3, 0.4) is 0 Å². The van der Waals surface area contributed by atoms with Crippen molar-refractivity contribution >= 4 is 43.3 Å². The van der Waals surface area contributed by atoms with Gasteiger partial charge in [-0.05, 0) is 50.5 Å². The van der Waals surface area contributed by atoms with Crippen LogP contribution in [0.5, 0.6) is 0 Å². The molecule has 5 heterocycles. The van der Waals surface area contributed by atoms with E-state index in [4.69, 9.17) is 10.5 Å². The molecule has 1 saturated carbocycles. The van der Waals surface area contributed by atoms with Gasteiger partial charge in [0.05, 0.1) is 35.4 Å². The Labute approximate surface area is 230 Å². The van der Waals surface area contributed by atoms with Crippen LogP contribution in [0.25, 0.3) is 32.2 Å². The van der Waals surface area contributed by atoms with Gasteiger partial charge in [-0.3, -0.25) is 4.98 Å². The zero-order valence-corrected chi connectivity index (χ0v) is 23.5. The SMILES string of the molecule is CC.CN(C)C.N#Cc1c(N)sc2c(F)cnc(-c3c4c(c5cnc(N6CC7CC7C6)nc5c3F)COC4)c12. The van der Waals surface area contributed by atoms with E-state index in [1.807, 2.05) is 46.0 Å². The summed E-state index contributed by atoms with van der Waals surface area (Å²) in [6, 6.07) is 2.03. The summed E-state index contributed by atoms with van der Waals surface area (Å²) in [5, 5.41) is 10.7. The molecule has 2 fully saturated rings. The lowest BCUT2D eigenvalue weighted by Crippen LogP contribution is -2.24. The van der Waals surface area contributed by atoms with E-state index in [1.54, 1.807) is 6.20 Å². The van der Waals surface area contributed by atoms with Crippen LogP contribution in [-0.2, 0) is 18.0 Å². The maximum atomic E-state index is 16.2. The number of piperidine rings is 1. The number of ether oxygens (including phenoxy) is 1. The second kappa shape index (κ2) is 10.6. The summed E-state index contributed by atoms with van der Waals surface area (Å²) in [6.07, 6.45) is 3.95. The van der Waals surface area contributed by atoms with Crippen LogP contribution in [0.1, 0.15) is 37.0 Å². The van der Waals surface area contributed by atoms with Crippen LogP contribution in [0.4, 0.5) is 19.7 Å². The summed E-state index contributed by atoms with van der Waals surface area (Å²) in [5.41, 5.74) is 8.04. The molecule has 0 amide bonds. The van der Waals surface area contributed by atoms with Gasteiger partial charge in [0.1, 0.15) is 16.6 Å². The minimum atomic E-state index is -0.599. The van der Waals surface area contributed by atoms with Gasteiger partial charge in [-0.15, -0.1) is 11.3 Å². The van der Waals surface area contributed by atoms with Gasteiger partial charge in [0.15, 0.2) is 11.6 Å². The van der Waals surface area contributed by atoms with Crippen LogP contribution in [0.2, 0.25) is 0 Å². The molecule has 2 atom stereocenters. The molecule has 204 valence electrons. The first-order chi connectivity index (χ1) is 18.8. The fourth-order valence-electron chi connectivity index (χ4n) is 5.25. The molecule has 0 spiro atoms. The number of thiophene rings is 1. The Kier molecular flexibility index (Phi) is 7.37. The molecule has 2 N–H and O–H groups in total. The Morgan fingerprint density at radius 2 is 1.77 bits per heavy atom. The van der Waals surface area contributed by atoms with Gasteiger partial charge in [0.25, 0.3) is 0 Å². The quantitative estimate of drug-likeness (QED) is 0.357. The molecule has 0 radical (unpaired) electrons. The molecule has 39 heavy (non-hydrogen) atoms. The van der Waals surface area contributed by atoms with Gasteiger partial charge in [-0.25, -0.2) is 18.7 Å². The van der Waals surface area contributed by atoms with Crippen molar-refractivity contribution in [2.45, 2.75) is 33.5 Å². The normalized spacial score (nSPS) is 18.8. The molecule has 1 aliphatic carbocycles. The third-order valence-corrected chi connectivity index (χ3v) is 8.02. The van der Waals surface area contributed by atoms with E-state index in [1.165, 1.54) is 6.42 Å². The molecule has 1 saturated heterocycles. The van der Waals surface area contributed by atoms with E-state index in [0.29, 0.717) is 28.7 Å². The number of hydrogen-bond acceptors (Lipinski definition) is 9. The first-order valence-corrected chi connectivity index (χ1v) is 13.8. The van der Waals surface area contributed by atoms with E-state index in [0.717, 1.165) is 36.2 Å². The Hall–Kier alpha value is -3.46. The van der Waals surface area contributed by atoms with E-state index in [-0.39, 0.29) is 50.6 Å². The van der Waals surface area contributed by atoms with E-state index >= 15 is 4.39 Å². The standard InChI is InChI=1S/C23H16F2N6OS.C3H9N.C2H6/c24-15-4-28-20(17-11(2-26)22(27)33-21(15)17)16-14-8-32-7-13(14)12-3-29-23(30-19(12)18(16)25)31-5-9-1-10(9)6-31;1-4(2)3;1-2/h3-4,9-10H,1,5-8,27H2;1-3H3;1-2H3. The van der Waals surface area contributed by atoms with E-state index < -0.39 is 11.6 Å². The summed E-state index contributed by atoms with van der Waals surface area (Å²) in [7, 11) is 6.00. The highest BCUT2D eigenvalue weighted by Gasteiger charge is 2.46. The van der Waals surface area contributed by atoms with Crippen molar-refractivity contribution in [2.24, 2.45) is 11.8 Å². The molecular weight excluding hydrogens is 520 g/mol. The van der Waals surface area contributed by atoms with Gasteiger partial charge < -0.3 is 20.3 Å². The van der Waals surface area contributed by atoms with E-state index in [2.05, 4.69) is 19.9 Å². The topological polar surface area (TPSA) is 104 Å². The van der Waals surface area contributed by atoms with Gasteiger partial charge in [-0.1, -0.05) is 13.8 Å². The molecule has 2 aliphatic heterocycles. The summed E-state index contributed by atoms with van der Waals surface area (Å²) < 4.78 is 36.6. The average Bonchev–Trinajstić information content (AvgIpc) is 3.26. The Morgan fingerprint density at radius 3 is 2.44 bits per heavy atom. The highest BCUT2D eigenvalue weighted by atomic mass is 32.1. The van der Waals surface area contributed by atoms with Crippen molar-refractivity contribution < 1.29 is 13.5 Å². The highest BCUT2D eigenvalue weighted by Crippen LogP contribution is 2.47. The second-order valence-corrected chi connectivity index (χ2v) is 11.2. The van der Waals surface area contributed by atoms with E-state index in [9.17, 15) is 9.65 Å². The van der Waals surface area contributed by atoms with Gasteiger partial charge in [-0.2, -0.15) is 5.26 Å². The molecule has 2 unspecified atom stereocenters. The highest BCUT2D eigenvalue weighted by molar-refractivity contribution is 7.23. The predicted octanol–water partition coefficient (Wildman–Crippen LogP) is 5.33. The number of pyridine rings is 1. The van der Waals surface area contributed by atoms with Crippen LogP contribution in [-0.4, -0.2) is 54.1 Å². The number of hydrogen-bond donors (Lipinski definition) is 1. The number of nitriles is 1. The van der Waals surface area contributed by atoms with Crippen molar-refractivity contribution in [3.8, 4) is 17.3 Å². The first kappa shape index (κ1) is 27.1. The number of aromatic nitrogens is 3. The fraction of sp³-hybridized carbons (Fsp3) is 0.429. The monoisotopic (exact) mass is 551 g/mol.